The third kappa shape index (κ3) is 3.93. The Kier molecular flexibility index (Phi) is 6.05. The van der Waals surface area contributed by atoms with Crippen LogP contribution in [0.15, 0.2) is 0 Å². The van der Waals surface area contributed by atoms with Crippen LogP contribution in [-0.4, -0.2) is 62.9 Å². The number of methoxy groups -OCH3 is 2. The largest absolute Gasteiger partial charge is 0.468 e. The first kappa shape index (κ1) is 15.4. The van der Waals surface area contributed by atoms with Crippen LogP contribution in [0, 0.1) is 0 Å². The molecule has 5 heteroatoms. The van der Waals surface area contributed by atoms with Crippen molar-refractivity contribution in [2.45, 2.75) is 38.3 Å². The Morgan fingerprint density at radius 1 is 1.50 bits per heavy atom. The minimum absolute atomic E-state index is 0.205. The molecule has 1 heterocycles. The molecule has 2 unspecified atom stereocenters. The predicted octanol–water partition coefficient (Wildman–Crippen LogP) is 0.638. The van der Waals surface area contributed by atoms with Gasteiger partial charge in [0, 0.05) is 20.2 Å². The molecule has 2 atom stereocenters. The molecule has 1 saturated heterocycles. The van der Waals surface area contributed by atoms with Crippen LogP contribution >= 0.6 is 0 Å². The molecule has 1 aliphatic rings. The van der Waals surface area contributed by atoms with Gasteiger partial charge in [0.2, 0.25) is 0 Å². The Hall–Kier alpha value is -0.650. The van der Waals surface area contributed by atoms with Crippen LogP contribution in [0.3, 0.4) is 0 Å². The molecule has 0 spiro atoms. The summed E-state index contributed by atoms with van der Waals surface area (Å²) in [5.41, 5.74) is -0.640. The number of hydrogen-bond donors (Lipinski definition) is 1. The third-order valence-corrected chi connectivity index (χ3v) is 3.54. The average molecular weight is 258 g/mol. The molecule has 0 aromatic heterocycles. The number of likely N-dealkylation sites (N-methyl/N-ethyl adjacent to an activating group) is 1. The molecule has 0 saturated carbocycles. The first-order valence-electron chi connectivity index (χ1n) is 6.64. The maximum Gasteiger partial charge on any atom is 0.327 e. The second-order valence-corrected chi connectivity index (χ2v) is 5.09. The molecular weight excluding hydrogens is 232 g/mol. The van der Waals surface area contributed by atoms with E-state index in [1.807, 2.05) is 13.8 Å². The first-order valence-corrected chi connectivity index (χ1v) is 6.64. The van der Waals surface area contributed by atoms with Gasteiger partial charge in [-0.05, 0) is 32.9 Å². The van der Waals surface area contributed by atoms with Crippen molar-refractivity contribution in [3.8, 4) is 0 Å². The van der Waals surface area contributed by atoms with E-state index >= 15 is 0 Å². The number of hydrogen-bond acceptors (Lipinski definition) is 5. The molecule has 0 aliphatic carbocycles. The summed E-state index contributed by atoms with van der Waals surface area (Å²) in [6, 6.07) is 0. The second-order valence-electron chi connectivity index (χ2n) is 5.09. The monoisotopic (exact) mass is 258 g/mol. The predicted molar refractivity (Wildman–Crippen MR) is 70.6 cm³/mol. The van der Waals surface area contributed by atoms with Crippen molar-refractivity contribution < 1.29 is 14.3 Å². The smallest absolute Gasteiger partial charge is 0.327 e. The number of rotatable bonds is 6. The average Bonchev–Trinajstić information content (AvgIpc) is 2.38. The minimum atomic E-state index is -0.640. The number of piperidine rings is 1. The van der Waals surface area contributed by atoms with Gasteiger partial charge in [-0.1, -0.05) is 6.92 Å². The van der Waals surface area contributed by atoms with Gasteiger partial charge in [0.15, 0.2) is 0 Å². The van der Waals surface area contributed by atoms with Crippen molar-refractivity contribution in [2.75, 3.05) is 40.4 Å². The van der Waals surface area contributed by atoms with Gasteiger partial charge in [-0.2, -0.15) is 0 Å². The molecule has 0 bridgehead atoms. The Morgan fingerprint density at radius 3 is 2.78 bits per heavy atom. The lowest BCUT2D eigenvalue weighted by Gasteiger charge is -2.38. The number of likely N-dealkylation sites (tertiary alicyclic amines) is 1. The summed E-state index contributed by atoms with van der Waals surface area (Å²) in [5, 5.41) is 3.23. The van der Waals surface area contributed by atoms with E-state index in [1.54, 1.807) is 7.11 Å². The van der Waals surface area contributed by atoms with Crippen molar-refractivity contribution in [1.82, 2.24) is 10.2 Å². The van der Waals surface area contributed by atoms with Gasteiger partial charge in [-0.3, -0.25) is 9.69 Å². The number of carbonyl (C=O) groups is 1. The van der Waals surface area contributed by atoms with E-state index in [1.165, 1.54) is 7.11 Å². The lowest BCUT2D eigenvalue weighted by molar-refractivity contribution is -0.149. The summed E-state index contributed by atoms with van der Waals surface area (Å²) in [4.78, 5) is 14.2. The second kappa shape index (κ2) is 7.07. The lowest BCUT2D eigenvalue weighted by atomic mass is 9.99. The Labute approximate surface area is 110 Å². The van der Waals surface area contributed by atoms with Crippen LogP contribution in [0.1, 0.15) is 26.7 Å². The van der Waals surface area contributed by atoms with Crippen LogP contribution in [0.5, 0.6) is 0 Å². The third-order valence-electron chi connectivity index (χ3n) is 3.54. The van der Waals surface area contributed by atoms with Crippen molar-refractivity contribution in [1.29, 1.82) is 0 Å². The van der Waals surface area contributed by atoms with Gasteiger partial charge in [-0.25, -0.2) is 0 Å². The Balaban J connectivity index is 2.62. The summed E-state index contributed by atoms with van der Waals surface area (Å²) in [6.07, 6.45) is 2.49. The molecule has 1 fully saturated rings. The quantitative estimate of drug-likeness (QED) is 0.709. The number of ether oxygens (including phenoxy) is 2. The number of esters is 1. The molecule has 0 aromatic rings. The van der Waals surface area contributed by atoms with E-state index in [9.17, 15) is 4.79 Å². The molecule has 18 heavy (non-hydrogen) atoms. The van der Waals surface area contributed by atoms with E-state index in [0.717, 1.165) is 32.5 Å². The molecule has 1 rings (SSSR count). The zero-order valence-electron chi connectivity index (χ0n) is 12.0. The van der Waals surface area contributed by atoms with Gasteiger partial charge in [0.05, 0.1) is 13.2 Å². The highest BCUT2D eigenvalue weighted by molar-refractivity contribution is 5.80. The fraction of sp³-hybridized carbons (Fsp3) is 0.923. The van der Waals surface area contributed by atoms with Crippen molar-refractivity contribution in [2.24, 2.45) is 0 Å². The summed E-state index contributed by atoms with van der Waals surface area (Å²) in [7, 11) is 3.18. The van der Waals surface area contributed by atoms with Crippen molar-refractivity contribution >= 4 is 5.97 Å². The molecule has 1 aliphatic heterocycles. The molecule has 0 aromatic carbocycles. The van der Waals surface area contributed by atoms with Gasteiger partial charge in [0.1, 0.15) is 5.54 Å². The Morgan fingerprint density at radius 2 is 2.22 bits per heavy atom. The summed E-state index contributed by atoms with van der Waals surface area (Å²) in [5.74, 6) is -0.205. The fourth-order valence-corrected chi connectivity index (χ4v) is 2.60. The van der Waals surface area contributed by atoms with Gasteiger partial charge < -0.3 is 14.8 Å². The van der Waals surface area contributed by atoms with E-state index in [-0.39, 0.29) is 12.1 Å². The van der Waals surface area contributed by atoms with E-state index in [0.29, 0.717) is 6.54 Å². The van der Waals surface area contributed by atoms with Crippen molar-refractivity contribution in [3.63, 3.8) is 0 Å². The highest BCUT2D eigenvalue weighted by atomic mass is 16.5. The summed E-state index contributed by atoms with van der Waals surface area (Å²) >= 11 is 0. The van der Waals surface area contributed by atoms with Crippen LogP contribution in [0.2, 0.25) is 0 Å². The van der Waals surface area contributed by atoms with Gasteiger partial charge >= 0.3 is 5.97 Å². The SMILES string of the molecule is CCNC(C)(CN1CCCC(OC)C1)C(=O)OC. The molecule has 5 nitrogen and oxygen atoms in total. The molecule has 1 N–H and O–H groups in total. The summed E-state index contributed by atoms with van der Waals surface area (Å²) in [6.45, 7) is 7.20. The number of carbonyl (C=O) groups excluding carboxylic acids is 1. The van der Waals surface area contributed by atoms with E-state index in [2.05, 4.69) is 10.2 Å². The summed E-state index contributed by atoms with van der Waals surface area (Å²) < 4.78 is 10.3. The topological polar surface area (TPSA) is 50.8 Å². The normalized spacial score (nSPS) is 24.6. The van der Waals surface area contributed by atoms with Crippen LogP contribution in [0.4, 0.5) is 0 Å². The molecule has 0 radical (unpaired) electrons. The zero-order chi connectivity index (χ0) is 13.6. The number of nitrogens with one attached hydrogen (secondary N) is 1. The highest BCUT2D eigenvalue weighted by Crippen LogP contribution is 2.16. The van der Waals surface area contributed by atoms with E-state index < -0.39 is 5.54 Å². The fourth-order valence-electron chi connectivity index (χ4n) is 2.60. The lowest BCUT2D eigenvalue weighted by Crippen LogP contribution is -2.59. The molecule has 106 valence electrons. The highest BCUT2D eigenvalue weighted by Gasteiger charge is 2.36. The number of nitrogens with zero attached hydrogens (tertiary/aromatic N) is 1. The Bertz CT molecular complexity index is 273. The maximum absolute atomic E-state index is 11.9. The maximum atomic E-state index is 11.9. The van der Waals surface area contributed by atoms with Crippen LogP contribution in [0.25, 0.3) is 0 Å². The van der Waals surface area contributed by atoms with E-state index in [4.69, 9.17) is 9.47 Å². The van der Waals surface area contributed by atoms with Gasteiger partial charge in [-0.15, -0.1) is 0 Å². The first-order chi connectivity index (χ1) is 8.55. The minimum Gasteiger partial charge on any atom is -0.468 e. The van der Waals surface area contributed by atoms with Crippen LogP contribution < -0.4 is 5.32 Å². The zero-order valence-corrected chi connectivity index (χ0v) is 12.0. The standard InChI is InChI=1S/C13H26N2O3/c1-5-14-13(2,12(16)18-4)10-15-8-6-7-11(9-15)17-3/h11,14H,5-10H2,1-4H3. The molecular formula is C13H26N2O3. The van der Waals surface area contributed by atoms with Crippen LogP contribution in [-0.2, 0) is 14.3 Å². The molecule has 0 amide bonds. The van der Waals surface area contributed by atoms with Crippen molar-refractivity contribution in [3.05, 3.63) is 0 Å². The van der Waals surface area contributed by atoms with Gasteiger partial charge in [0.25, 0.3) is 0 Å².